The molecule has 2 N–H and O–H groups in total. The maximum Gasteiger partial charge on any atom is 0.430 e. The number of rotatable bonds is 7. The van der Waals surface area contributed by atoms with E-state index in [4.69, 9.17) is 22.1 Å². The van der Waals surface area contributed by atoms with Crippen molar-refractivity contribution >= 4 is 45.1 Å². The molecule has 4 aromatic rings. The van der Waals surface area contributed by atoms with Crippen molar-refractivity contribution in [1.82, 2.24) is 0 Å². The first-order valence-electron chi connectivity index (χ1n) is 10.9. The van der Waals surface area contributed by atoms with Gasteiger partial charge < -0.3 is 10.5 Å². The second kappa shape index (κ2) is 11.5. The summed E-state index contributed by atoms with van der Waals surface area (Å²) in [5.41, 5.74) is 4.84. The Bertz CT molecular complexity index is 1550. The fraction of sp³-hybridized carbons (Fsp3) is 0.0741. The van der Waals surface area contributed by atoms with Crippen LogP contribution >= 0.6 is 22.9 Å². The first-order chi connectivity index (χ1) is 18.0. The summed E-state index contributed by atoms with van der Waals surface area (Å²) in [7, 11) is -1.20. The smallest absolute Gasteiger partial charge is 0.430 e. The van der Waals surface area contributed by atoms with Crippen LogP contribution in [0.1, 0.15) is 4.88 Å². The molecule has 0 radical (unpaired) electrons. The predicted molar refractivity (Wildman–Crippen MR) is 145 cm³/mol. The van der Waals surface area contributed by atoms with Crippen molar-refractivity contribution in [2.45, 2.75) is 11.1 Å². The molecule has 1 unspecified atom stereocenters. The van der Waals surface area contributed by atoms with Crippen LogP contribution < -0.4 is 10.5 Å². The molecular formula is C27H19ClF4N2O2S2. The first kappa shape index (κ1) is 27.6. The summed E-state index contributed by atoms with van der Waals surface area (Å²) >= 11 is 7.35. The number of thiophene rings is 1. The highest BCUT2D eigenvalue weighted by molar-refractivity contribution is 7.84. The predicted octanol–water partition coefficient (Wildman–Crippen LogP) is 8.26. The van der Waals surface area contributed by atoms with Gasteiger partial charge in [-0.1, -0.05) is 23.7 Å². The first-order valence-corrected chi connectivity index (χ1v) is 13.6. The van der Waals surface area contributed by atoms with Gasteiger partial charge in [0.15, 0.2) is 5.75 Å². The molecule has 0 spiro atoms. The van der Waals surface area contributed by atoms with Gasteiger partial charge in [-0.25, -0.2) is 9.38 Å². The van der Waals surface area contributed by atoms with Gasteiger partial charge in [-0.05, 0) is 78.4 Å². The van der Waals surface area contributed by atoms with Gasteiger partial charge in [-0.2, -0.15) is 13.2 Å². The van der Waals surface area contributed by atoms with E-state index in [1.165, 1.54) is 53.8 Å². The average molecular weight is 579 g/mol. The number of allylic oxidation sites excluding steroid dienone is 2. The molecular weight excluding hydrogens is 560 g/mol. The number of ether oxygens (including phenoxy) is 1. The zero-order chi connectivity index (χ0) is 27.4. The molecule has 0 amide bonds. The number of nitrogens with two attached hydrogens (primary N) is 1. The van der Waals surface area contributed by atoms with Crippen molar-refractivity contribution < 1.29 is 26.5 Å². The lowest BCUT2D eigenvalue weighted by atomic mass is 10.2. The van der Waals surface area contributed by atoms with E-state index in [9.17, 15) is 21.8 Å². The van der Waals surface area contributed by atoms with Crippen LogP contribution in [-0.2, 0) is 10.8 Å². The van der Waals surface area contributed by atoms with Crippen molar-refractivity contribution in [3.8, 4) is 21.9 Å². The van der Waals surface area contributed by atoms with E-state index in [1.54, 1.807) is 36.6 Å². The monoisotopic (exact) mass is 578 g/mol. The maximum absolute atomic E-state index is 13.4. The lowest BCUT2D eigenvalue weighted by Crippen LogP contribution is -2.20. The lowest BCUT2D eigenvalue weighted by Gasteiger charge is -2.11. The molecule has 0 saturated carbocycles. The summed E-state index contributed by atoms with van der Waals surface area (Å²) in [6.07, 6.45) is -2.47. The molecule has 11 heteroatoms. The Morgan fingerprint density at radius 1 is 1.05 bits per heavy atom. The number of benzene rings is 3. The summed E-state index contributed by atoms with van der Waals surface area (Å²) in [6, 6.07) is 20.1. The third-order valence-corrected chi connectivity index (χ3v) is 7.44. The van der Waals surface area contributed by atoms with Gasteiger partial charge in [-0.15, -0.1) is 11.3 Å². The average Bonchev–Trinajstić information content (AvgIpc) is 3.36. The lowest BCUT2D eigenvalue weighted by molar-refractivity contribution is -0.0925. The van der Waals surface area contributed by atoms with Crippen LogP contribution in [0.5, 0.6) is 11.5 Å². The molecule has 3 aromatic carbocycles. The summed E-state index contributed by atoms with van der Waals surface area (Å²) in [6.45, 7) is 0. The van der Waals surface area contributed by atoms with Crippen molar-refractivity contribution in [3.63, 3.8) is 0 Å². The van der Waals surface area contributed by atoms with E-state index in [0.717, 1.165) is 16.5 Å². The van der Waals surface area contributed by atoms with E-state index >= 15 is 0 Å². The van der Waals surface area contributed by atoms with Gasteiger partial charge in [-0.3, -0.25) is 4.21 Å². The van der Waals surface area contributed by atoms with E-state index in [2.05, 4.69) is 4.99 Å². The molecule has 1 heterocycles. The van der Waals surface area contributed by atoms with Gasteiger partial charge >= 0.3 is 6.18 Å². The molecule has 4 nitrogen and oxygen atoms in total. The number of hydrogen-bond acceptors (Lipinski definition) is 5. The van der Waals surface area contributed by atoms with E-state index in [-0.39, 0.29) is 22.2 Å². The fourth-order valence-electron chi connectivity index (χ4n) is 3.27. The Kier molecular flexibility index (Phi) is 8.35. The van der Waals surface area contributed by atoms with Gasteiger partial charge in [0.05, 0.1) is 10.6 Å². The summed E-state index contributed by atoms with van der Waals surface area (Å²) in [4.78, 5) is 6.19. The second-order valence-corrected chi connectivity index (χ2v) is 10.8. The highest BCUT2D eigenvalue weighted by Gasteiger charge is 2.32. The molecule has 38 heavy (non-hydrogen) atoms. The topological polar surface area (TPSA) is 64.7 Å². The molecule has 0 aliphatic carbocycles. The van der Waals surface area contributed by atoms with E-state index in [0.29, 0.717) is 15.5 Å². The molecule has 1 aromatic heterocycles. The Hall–Kier alpha value is -3.47. The van der Waals surface area contributed by atoms with Crippen LogP contribution in [0.4, 0.5) is 23.2 Å². The third kappa shape index (κ3) is 6.89. The third-order valence-electron chi connectivity index (χ3n) is 5.13. The van der Waals surface area contributed by atoms with Gasteiger partial charge in [0.2, 0.25) is 0 Å². The molecule has 0 saturated heterocycles. The Labute approximate surface area is 227 Å². The number of alkyl halides is 3. The van der Waals surface area contributed by atoms with Gasteiger partial charge in [0, 0.05) is 31.9 Å². The van der Waals surface area contributed by atoms with Crippen LogP contribution in [0.2, 0.25) is 5.02 Å². The molecule has 0 aliphatic rings. The molecule has 0 fully saturated rings. The van der Waals surface area contributed by atoms with Gasteiger partial charge in [0.1, 0.15) is 23.0 Å². The zero-order valence-electron chi connectivity index (χ0n) is 19.6. The standard InChI is InChI=1S/C27H19ClF4N2O2S2/c1-38(35)20-4-2-3-16(13-20)24-11-12-25(37-24)22(15-26(33)27(30,31)32)34-21-14-17(28)5-10-23(21)36-19-8-6-18(29)7-9-19/h2-15H,33H2,1H3. The number of hydrogen-bond donors (Lipinski definition) is 1. The van der Waals surface area contributed by atoms with Crippen molar-refractivity contribution in [3.05, 3.63) is 106 Å². The number of aliphatic imine (C=N–C) groups is 1. The van der Waals surface area contributed by atoms with Crippen molar-refractivity contribution in [2.24, 2.45) is 10.7 Å². The summed E-state index contributed by atoms with van der Waals surface area (Å²) in [5.74, 6) is 0.0297. The Morgan fingerprint density at radius 2 is 1.79 bits per heavy atom. The van der Waals surface area contributed by atoms with Crippen molar-refractivity contribution in [1.29, 1.82) is 0 Å². The van der Waals surface area contributed by atoms with Crippen LogP contribution in [0.15, 0.2) is 101 Å². The summed E-state index contributed by atoms with van der Waals surface area (Å²) in [5, 5.41) is 0.276. The van der Waals surface area contributed by atoms with Crippen LogP contribution in [0.25, 0.3) is 10.4 Å². The largest absolute Gasteiger partial charge is 0.455 e. The molecule has 1 atom stereocenters. The van der Waals surface area contributed by atoms with Gasteiger partial charge in [0.25, 0.3) is 0 Å². The SMILES string of the molecule is CS(=O)c1cccc(-c2ccc(C(C=C(N)C(F)(F)F)=Nc3cc(Cl)ccc3Oc3ccc(F)cc3)s2)c1. The maximum atomic E-state index is 13.4. The Morgan fingerprint density at radius 3 is 2.47 bits per heavy atom. The highest BCUT2D eigenvalue weighted by Crippen LogP contribution is 2.37. The van der Waals surface area contributed by atoms with E-state index in [1.807, 2.05) is 6.07 Å². The molecule has 0 aliphatic heterocycles. The van der Waals surface area contributed by atoms with Crippen LogP contribution in [-0.4, -0.2) is 22.4 Å². The van der Waals surface area contributed by atoms with Crippen LogP contribution in [0, 0.1) is 5.82 Å². The van der Waals surface area contributed by atoms with E-state index < -0.39 is 28.5 Å². The zero-order valence-corrected chi connectivity index (χ0v) is 22.0. The van der Waals surface area contributed by atoms with Crippen LogP contribution in [0.3, 0.4) is 0 Å². The highest BCUT2D eigenvalue weighted by atomic mass is 35.5. The molecule has 4 rings (SSSR count). The molecule has 196 valence electrons. The minimum Gasteiger partial charge on any atom is -0.455 e. The number of halogens is 5. The minimum atomic E-state index is -4.78. The van der Waals surface area contributed by atoms with Crippen molar-refractivity contribution in [2.75, 3.05) is 6.26 Å². The molecule has 0 bridgehead atoms. The summed E-state index contributed by atoms with van der Waals surface area (Å²) < 4.78 is 71.1. The fourth-order valence-corrected chi connectivity index (χ4v) is 4.96. The Balaban J connectivity index is 1.81. The second-order valence-electron chi connectivity index (χ2n) is 7.91. The minimum absolute atomic E-state index is 0.0717. The quantitative estimate of drug-likeness (QED) is 0.177. The number of nitrogens with zero attached hydrogens (tertiary/aromatic N) is 1. The normalized spacial score (nSPS) is 13.4.